The summed E-state index contributed by atoms with van der Waals surface area (Å²) in [7, 11) is -1.22. The van der Waals surface area contributed by atoms with E-state index in [9.17, 15) is 19.1 Å². The third kappa shape index (κ3) is 5.18. The number of nitrogens with zero attached hydrogens (tertiary/aromatic N) is 6. The van der Waals surface area contributed by atoms with Crippen LogP contribution in [0, 0.1) is 5.82 Å². The van der Waals surface area contributed by atoms with Crippen molar-refractivity contribution in [1.29, 1.82) is 0 Å². The van der Waals surface area contributed by atoms with Crippen molar-refractivity contribution in [2.45, 2.75) is 51.3 Å². The Balaban J connectivity index is 1.49. The highest BCUT2D eigenvalue weighted by molar-refractivity contribution is 6.76. The van der Waals surface area contributed by atoms with E-state index in [0.29, 0.717) is 71.6 Å². The summed E-state index contributed by atoms with van der Waals surface area (Å²) in [6.07, 6.45) is 4.25. The topological polar surface area (TPSA) is 115 Å². The highest BCUT2D eigenvalue weighted by Gasteiger charge is 2.27. The molecule has 12 heteroatoms. The SMILES string of the molecule is C[Si](C)(C)CCOCn1cc(C=O)c2nc(-c3nn(C4CCN(C(=O)O)CC4)c4cc(F)ccc34)cnc21. The number of benzene rings is 1. The van der Waals surface area contributed by atoms with Crippen LogP contribution in [0.5, 0.6) is 0 Å². The number of hydrogen-bond acceptors (Lipinski definition) is 6. The largest absolute Gasteiger partial charge is 0.465 e. The van der Waals surface area contributed by atoms with E-state index in [4.69, 9.17) is 14.8 Å². The number of likely N-dealkylation sites (tertiary alicyclic amines) is 1. The van der Waals surface area contributed by atoms with E-state index < -0.39 is 14.2 Å². The van der Waals surface area contributed by atoms with Crippen LogP contribution in [0.25, 0.3) is 33.5 Å². The van der Waals surface area contributed by atoms with Gasteiger partial charge in [-0.25, -0.2) is 19.2 Å². The van der Waals surface area contributed by atoms with Crippen LogP contribution in [0.2, 0.25) is 25.7 Å². The number of aromatic nitrogens is 5. The predicted molar refractivity (Wildman–Crippen MR) is 144 cm³/mol. The Labute approximate surface area is 220 Å². The van der Waals surface area contributed by atoms with E-state index in [-0.39, 0.29) is 18.6 Å². The molecule has 0 radical (unpaired) electrons. The molecule has 0 saturated carbocycles. The molecule has 0 spiro atoms. The first kappa shape index (κ1) is 26.0. The first-order valence-corrected chi connectivity index (χ1v) is 16.4. The number of rotatable bonds is 8. The lowest BCUT2D eigenvalue weighted by atomic mass is 10.1. The fourth-order valence-corrected chi connectivity index (χ4v) is 5.55. The van der Waals surface area contributed by atoms with Gasteiger partial charge >= 0.3 is 6.09 Å². The second-order valence-electron chi connectivity index (χ2n) is 10.9. The quantitative estimate of drug-likeness (QED) is 0.190. The Morgan fingerprint density at radius 2 is 2.03 bits per heavy atom. The Bertz CT molecular complexity index is 1500. The number of fused-ring (bicyclic) bond motifs is 2. The molecule has 4 heterocycles. The van der Waals surface area contributed by atoms with Crippen LogP contribution in [0.15, 0.2) is 30.6 Å². The van der Waals surface area contributed by atoms with E-state index in [1.165, 1.54) is 17.0 Å². The van der Waals surface area contributed by atoms with Crippen molar-refractivity contribution < 1.29 is 23.8 Å². The number of hydrogen-bond donors (Lipinski definition) is 1. The number of ether oxygens (including phenoxy) is 1. The minimum Gasteiger partial charge on any atom is -0.465 e. The molecular weight excluding hydrogens is 507 g/mol. The number of aldehydes is 1. The highest BCUT2D eigenvalue weighted by Crippen LogP contribution is 2.33. The molecule has 0 unspecified atom stereocenters. The molecule has 200 valence electrons. The van der Waals surface area contributed by atoms with Gasteiger partial charge < -0.3 is 19.3 Å². The number of carbonyl (C=O) groups is 2. The summed E-state index contributed by atoms with van der Waals surface area (Å²) >= 11 is 0. The molecule has 4 aromatic rings. The molecule has 1 aliphatic rings. The van der Waals surface area contributed by atoms with Gasteiger partial charge in [0.2, 0.25) is 0 Å². The average Bonchev–Trinajstić information content (AvgIpc) is 3.43. The van der Waals surface area contributed by atoms with E-state index in [1.54, 1.807) is 27.7 Å². The summed E-state index contributed by atoms with van der Waals surface area (Å²) in [6.45, 7) is 8.55. The molecule has 3 aromatic heterocycles. The van der Waals surface area contributed by atoms with E-state index in [1.807, 2.05) is 0 Å². The molecule has 1 aromatic carbocycles. The van der Waals surface area contributed by atoms with Crippen LogP contribution in [0.3, 0.4) is 0 Å². The molecule has 38 heavy (non-hydrogen) atoms. The average molecular weight is 539 g/mol. The predicted octanol–water partition coefficient (Wildman–Crippen LogP) is 5.03. The van der Waals surface area contributed by atoms with Crippen molar-refractivity contribution >= 4 is 42.5 Å². The Kier molecular flexibility index (Phi) is 7.01. The van der Waals surface area contributed by atoms with Crippen LogP contribution >= 0.6 is 0 Å². The molecule has 10 nitrogen and oxygen atoms in total. The maximum atomic E-state index is 14.3. The maximum Gasteiger partial charge on any atom is 0.407 e. The van der Waals surface area contributed by atoms with E-state index in [0.717, 1.165) is 12.3 Å². The molecule has 1 aliphatic heterocycles. The van der Waals surface area contributed by atoms with Crippen LogP contribution in [-0.4, -0.2) is 74.5 Å². The first-order valence-electron chi connectivity index (χ1n) is 12.7. The van der Waals surface area contributed by atoms with Crippen molar-refractivity contribution in [3.63, 3.8) is 0 Å². The van der Waals surface area contributed by atoms with E-state index >= 15 is 0 Å². The van der Waals surface area contributed by atoms with Gasteiger partial charge in [-0.15, -0.1) is 0 Å². The van der Waals surface area contributed by atoms with Gasteiger partial charge in [0.25, 0.3) is 0 Å². The zero-order valence-electron chi connectivity index (χ0n) is 21.7. The molecule has 0 aliphatic carbocycles. The molecule has 0 atom stereocenters. The fourth-order valence-electron chi connectivity index (χ4n) is 4.80. The van der Waals surface area contributed by atoms with Crippen LogP contribution < -0.4 is 0 Å². The summed E-state index contributed by atoms with van der Waals surface area (Å²) in [4.78, 5) is 33.9. The van der Waals surface area contributed by atoms with E-state index in [2.05, 4.69) is 24.6 Å². The lowest BCUT2D eigenvalue weighted by Crippen LogP contribution is -2.38. The molecule has 1 amide bonds. The summed E-state index contributed by atoms with van der Waals surface area (Å²) in [5, 5.41) is 14.8. The molecule has 0 bridgehead atoms. The summed E-state index contributed by atoms with van der Waals surface area (Å²) in [5.74, 6) is -0.385. The second-order valence-corrected chi connectivity index (χ2v) is 16.5. The Hall–Kier alpha value is -3.64. The Morgan fingerprint density at radius 3 is 2.71 bits per heavy atom. The van der Waals surface area contributed by atoms with Gasteiger partial charge in [-0.05, 0) is 37.1 Å². The van der Waals surface area contributed by atoms with Crippen molar-refractivity contribution in [2.24, 2.45) is 0 Å². The second kappa shape index (κ2) is 10.3. The zero-order chi connectivity index (χ0) is 27.0. The van der Waals surface area contributed by atoms with Crippen LogP contribution in [0.1, 0.15) is 29.2 Å². The number of carbonyl (C=O) groups excluding carboxylic acids is 1. The third-order valence-electron chi connectivity index (χ3n) is 6.94. The van der Waals surface area contributed by atoms with Gasteiger partial charge in [0.05, 0.1) is 23.3 Å². The van der Waals surface area contributed by atoms with Crippen molar-refractivity contribution in [2.75, 3.05) is 19.7 Å². The third-order valence-corrected chi connectivity index (χ3v) is 8.64. The Morgan fingerprint density at radius 1 is 1.26 bits per heavy atom. The van der Waals surface area contributed by atoms with Gasteiger partial charge in [0, 0.05) is 39.4 Å². The standard InChI is InChI=1S/C26H31FN6O4Si/c1-38(2,3)11-10-37-16-32-14-17(15-34)23-25(32)28-13-21(29-23)24-20-5-4-18(27)12-22(20)33(30-24)19-6-8-31(9-7-19)26(35)36/h4-5,12-15,19H,6-11,16H2,1-3H3,(H,35,36). The molecule has 1 saturated heterocycles. The van der Waals surface area contributed by atoms with Crippen LogP contribution in [0.4, 0.5) is 9.18 Å². The summed E-state index contributed by atoms with van der Waals surface area (Å²) in [5.41, 5.74) is 3.01. The number of piperidine rings is 1. The van der Waals surface area contributed by atoms with Crippen molar-refractivity contribution in [3.8, 4) is 11.4 Å². The molecule has 1 N–H and O–H groups in total. The lowest BCUT2D eigenvalue weighted by Gasteiger charge is -2.30. The van der Waals surface area contributed by atoms with Gasteiger partial charge in [0.15, 0.2) is 11.9 Å². The first-order chi connectivity index (χ1) is 18.1. The fraction of sp³-hybridized carbons (Fsp3) is 0.423. The maximum absolute atomic E-state index is 14.3. The number of halogens is 1. The van der Waals surface area contributed by atoms with Crippen molar-refractivity contribution in [3.05, 3.63) is 42.0 Å². The monoisotopic (exact) mass is 538 g/mol. The normalized spacial score (nSPS) is 15.0. The summed E-state index contributed by atoms with van der Waals surface area (Å²) in [6, 6.07) is 5.43. The van der Waals surface area contributed by atoms with Gasteiger partial charge in [0.1, 0.15) is 29.5 Å². The van der Waals surface area contributed by atoms with Crippen LogP contribution in [-0.2, 0) is 11.5 Å². The molecule has 5 rings (SSSR count). The molecular formula is C26H31FN6O4Si. The minimum atomic E-state index is -1.22. The zero-order valence-corrected chi connectivity index (χ0v) is 22.7. The molecule has 1 fully saturated rings. The smallest absolute Gasteiger partial charge is 0.407 e. The summed E-state index contributed by atoms with van der Waals surface area (Å²) < 4.78 is 23.7. The lowest BCUT2D eigenvalue weighted by molar-refractivity contribution is 0.0897. The number of carboxylic acid groups (broad SMARTS) is 1. The van der Waals surface area contributed by atoms with Gasteiger partial charge in [-0.2, -0.15) is 5.10 Å². The minimum absolute atomic E-state index is 0.0831. The van der Waals surface area contributed by atoms with Crippen molar-refractivity contribution in [1.82, 2.24) is 29.2 Å². The highest BCUT2D eigenvalue weighted by atomic mass is 28.3. The van der Waals surface area contributed by atoms with Gasteiger partial charge in [-0.1, -0.05) is 19.6 Å². The number of amides is 1. The van der Waals surface area contributed by atoms with Gasteiger partial charge in [-0.3, -0.25) is 9.48 Å².